The van der Waals surface area contributed by atoms with Gasteiger partial charge in [0.05, 0.1) is 6.04 Å². The summed E-state index contributed by atoms with van der Waals surface area (Å²) in [4.78, 5) is 14.2. The van der Waals surface area contributed by atoms with Crippen LogP contribution in [0.4, 0.5) is 10.5 Å². The number of nitrogens with zero attached hydrogens (tertiary/aromatic N) is 1. The van der Waals surface area contributed by atoms with E-state index >= 15 is 0 Å². The van der Waals surface area contributed by atoms with Crippen LogP contribution in [0.2, 0.25) is 0 Å². The predicted octanol–water partition coefficient (Wildman–Crippen LogP) is 2.90. The highest BCUT2D eigenvalue weighted by Gasteiger charge is 2.17. The van der Waals surface area contributed by atoms with Crippen LogP contribution in [0.25, 0.3) is 0 Å². The van der Waals surface area contributed by atoms with Gasteiger partial charge in [0.2, 0.25) is 6.79 Å². The van der Waals surface area contributed by atoms with Gasteiger partial charge in [0.25, 0.3) is 0 Å². The second-order valence-electron chi connectivity index (χ2n) is 5.44. The largest absolute Gasteiger partial charge is 0.454 e. The molecule has 0 saturated carbocycles. The van der Waals surface area contributed by atoms with E-state index < -0.39 is 0 Å². The first-order valence-corrected chi connectivity index (χ1v) is 8.21. The Balaban J connectivity index is 1.57. The summed E-state index contributed by atoms with van der Waals surface area (Å²) in [5, 5.41) is 9.86. The Morgan fingerprint density at radius 1 is 1.30 bits per heavy atom. The van der Waals surface area contributed by atoms with Crippen LogP contribution in [0.1, 0.15) is 11.6 Å². The number of carbonyl (C=O) groups is 1. The minimum Gasteiger partial charge on any atom is -0.454 e. The molecule has 2 aromatic rings. The molecular formula is C16H19N3O3S. The van der Waals surface area contributed by atoms with Gasteiger partial charge in [-0.25, -0.2) is 4.79 Å². The maximum atomic E-state index is 12.1. The normalized spacial score (nSPS) is 13.9. The molecule has 0 aliphatic carbocycles. The summed E-state index contributed by atoms with van der Waals surface area (Å²) < 4.78 is 10.5. The number of likely N-dealkylation sites (N-methyl/N-ethyl adjacent to an activating group) is 1. The summed E-state index contributed by atoms with van der Waals surface area (Å²) in [5.74, 6) is 1.34. The lowest BCUT2D eigenvalue weighted by atomic mass is 10.1. The van der Waals surface area contributed by atoms with E-state index in [1.807, 2.05) is 19.5 Å². The molecule has 6 nitrogen and oxygen atoms in total. The van der Waals surface area contributed by atoms with Crippen molar-refractivity contribution in [2.75, 3.05) is 32.7 Å². The number of thiophene rings is 1. The van der Waals surface area contributed by atoms with Gasteiger partial charge in [-0.2, -0.15) is 11.3 Å². The molecule has 23 heavy (non-hydrogen) atoms. The zero-order chi connectivity index (χ0) is 16.2. The highest BCUT2D eigenvalue weighted by molar-refractivity contribution is 7.07. The smallest absolute Gasteiger partial charge is 0.319 e. The Hall–Kier alpha value is -2.25. The number of hydrogen-bond acceptors (Lipinski definition) is 5. The molecule has 2 heterocycles. The molecule has 2 N–H and O–H groups in total. The lowest BCUT2D eigenvalue weighted by Gasteiger charge is -2.24. The van der Waals surface area contributed by atoms with Crippen LogP contribution in [0.5, 0.6) is 11.5 Å². The molecule has 1 atom stereocenters. The van der Waals surface area contributed by atoms with Crippen LogP contribution in [0, 0.1) is 0 Å². The minimum absolute atomic E-state index is 0.142. The van der Waals surface area contributed by atoms with Crippen LogP contribution in [0.3, 0.4) is 0 Å². The Bertz CT molecular complexity index is 673. The Morgan fingerprint density at radius 3 is 2.87 bits per heavy atom. The molecule has 0 saturated heterocycles. The Kier molecular flexibility index (Phi) is 4.68. The highest BCUT2D eigenvalue weighted by Crippen LogP contribution is 2.34. The minimum atomic E-state index is -0.244. The fourth-order valence-corrected chi connectivity index (χ4v) is 3.11. The van der Waals surface area contributed by atoms with E-state index in [1.54, 1.807) is 29.5 Å². The molecule has 1 aromatic carbocycles. The average molecular weight is 333 g/mol. The summed E-state index contributed by atoms with van der Waals surface area (Å²) in [5.41, 5.74) is 1.87. The lowest BCUT2D eigenvalue weighted by molar-refractivity contribution is 0.174. The third-order valence-electron chi connectivity index (χ3n) is 3.64. The molecule has 1 aliphatic rings. The maximum Gasteiger partial charge on any atom is 0.319 e. The first kappa shape index (κ1) is 15.6. The third kappa shape index (κ3) is 3.75. The summed E-state index contributed by atoms with van der Waals surface area (Å²) in [6, 6.07) is 7.30. The van der Waals surface area contributed by atoms with Crippen molar-refractivity contribution in [1.29, 1.82) is 0 Å². The average Bonchev–Trinajstić information content (AvgIpc) is 3.17. The Morgan fingerprint density at radius 2 is 2.13 bits per heavy atom. The van der Waals surface area contributed by atoms with E-state index in [0.29, 0.717) is 23.7 Å². The SMILES string of the molecule is CN(C)[C@H](CNC(=O)Nc1ccc2c(c1)OCO2)c1ccsc1. The first-order chi connectivity index (χ1) is 11.1. The Labute approximate surface area is 139 Å². The van der Waals surface area contributed by atoms with Crippen LogP contribution in [-0.2, 0) is 0 Å². The zero-order valence-electron chi connectivity index (χ0n) is 13.0. The van der Waals surface area contributed by atoms with Gasteiger partial charge < -0.3 is 25.0 Å². The molecule has 1 aliphatic heterocycles. The summed E-state index contributed by atoms with van der Waals surface area (Å²) in [6.45, 7) is 0.746. The highest BCUT2D eigenvalue weighted by atomic mass is 32.1. The molecular weight excluding hydrogens is 314 g/mol. The van der Waals surface area contributed by atoms with Crippen molar-refractivity contribution in [3.63, 3.8) is 0 Å². The number of amides is 2. The standard InChI is InChI=1S/C16H19N3O3S/c1-19(2)13(11-5-6-23-9-11)8-17-16(20)18-12-3-4-14-15(7-12)22-10-21-14/h3-7,9,13H,8,10H2,1-2H3,(H2,17,18,20)/t13-/m1/s1. The first-order valence-electron chi connectivity index (χ1n) is 7.26. The quantitative estimate of drug-likeness (QED) is 0.883. The molecule has 0 unspecified atom stereocenters. The van der Waals surface area contributed by atoms with Crippen LogP contribution < -0.4 is 20.1 Å². The number of rotatable bonds is 5. The number of ether oxygens (including phenoxy) is 2. The van der Waals surface area contributed by atoms with Crippen molar-refractivity contribution < 1.29 is 14.3 Å². The van der Waals surface area contributed by atoms with Crippen molar-refractivity contribution in [3.05, 3.63) is 40.6 Å². The molecule has 0 bridgehead atoms. The summed E-state index contributed by atoms with van der Waals surface area (Å²) in [7, 11) is 4.00. The summed E-state index contributed by atoms with van der Waals surface area (Å²) in [6.07, 6.45) is 0. The molecule has 7 heteroatoms. The van der Waals surface area contributed by atoms with Crippen LogP contribution in [-0.4, -0.2) is 38.4 Å². The fourth-order valence-electron chi connectivity index (χ4n) is 2.40. The molecule has 1 aromatic heterocycles. The fraction of sp³-hybridized carbons (Fsp3) is 0.312. The van der Waals surface area contributed by atoms with Crippen molar-refractivity contribution in [1.82, 2.24) is 10.2 Å². The molecule has 0 radical (unpaired) electrons. The number of anilines is 1. The second kappa shape index (κ2) is 6.89. The van der Waals surface area contributed by atoms with E-state index in [4.69, 9.17) is 9.47 Å². The van der Waals surface area contributed by atoms with Crippen molar-refractivity contribution >= 4 is 23.1 Å². The van der Waals surface area contributed by atoms with Gasteiger partial charge in [-0.3, -0.25) is 0 Å². The van der Waals surface area contributed by atoms with Crippen LogP contribution >= 0.6 is 11.3 Å². The van der Waals surface area contributed by atoms with E-state index in [-0.39, 0.29) is 18.9 Å². The zero-order valence-corrected chi connectivity index (χ0v) is 13.9. The van der Waals surface area contributed by atoms with Crippen molar-refractivity contribution in [3.8, 4) is 11.5 Å². The van der Waals surface area contributed by atoms with E-state index in [2.05, 4.69) is 27.0 Å². The monoisotopic (exact) mass is 333 g/mol. The number of fused-ring (bicyclic) bond motifs is 1. The number of carbonyl (C=O) groups excluding carboxylic acids is 1. The summed E-state index contributed by atoms with van der Waals surface area (Å²) >= 11 is 1.65. The number of nitrogens with one attached hydrogen (secondary N) is 2. The van der Waals surface area contributed by atoms with Gasteiger partial charge in [0.1, 0.15) is 0 Å². The van der Waals surface area contributed by atoms with Gasteiger partial charge in [-0.15, -0.1) is 0 Å². The third-order valence-corrected chi connectivity index (χ3v) is 4.34. The van der Waals surface area contributed by atoms with Crippen molar-refractivity contribution in [2.45, 2.75) is 6.04 Å². The second-order valence-corrected chi connectivity index (χ2v) is 6.22. The van der Waals surface area contributed by atoms with Gasteiger partial charge in [0.15, 0.2) is 11.5 Å². The molecule has 122 valence electrons. The van der Waals surface area contributed by atoms with E-state index in [1.165, 1.54) is 5.56 Å². The van der Waals surface area contributed by atoms with Gasteiger partial charge in [-0.05, 0) is 48.6 Å². The van der Waals surface area contributed by atoms with Crippen molar-refractivity contribution in [2.24, 2.45) is 0 Å². The maximum absolute atomic E-state index is 12.1. The lowest BCUT2D eigenvalue weighted by Crippen LogP contribution is -2.36. The topological polar surface area (TPSA) is 62.8 Å². The van der Waals surface area contributed by atoms with Gasteiger partial charge >= 0.3 is 6.03 Å². The van der Waals surface area contributed by atoms with Gasteiger partial charge in [-0.1, -0.05) is 0 Å². The number of benzene rings is 1. The van der Waals surface area contributed by atoms with E-state index in [9.17, 15) is 4.79 Å². The molecule has 0 spiro atoms. The van der Waals surface area contributed by atoms with E-state index in [0.717, 1.165) is 0 Å². The number of hydrogen-bond donors (Lipinski definition) is 2. The van der Waals surface area contributed by atoms with Crippen LogP contribution in [0.15, 0.2) is 35.0 Å². The molecule has 2 amide bonds. The molecule has 3 rings (SSSR count). The predicted molar refractivity (Wildman–Crippen MR) is 90.3 cm³/mol. The molecule has 0 fully saturated rings. The van der Waals surface area contributed by atoms with Gasteiger partial charge in [0, 0.05) is 18.3 Å². The number of urea groups is 1.